The molecule has 0 nitrogen and oxygen atoms in total. The Morgan fingerprint density at radius 3 is 0.790 bits per heavy atom. The van der Waals surface area contributed by atoms with Crippen LogP contribution in [0.1, 0.15) is 263 Å². The Morgan fingerprint density at radius 1 is 0.190 bits per heavy atom. The molecule has 0 bridgehead atoms. The Morgan fingerprint density at radius 2 is 0.476 bits per heavy atom. The second-order valence-electron chi connectivity index (χ2n) is 37.3. The van der Waals surface area contributed by atoms with E-state index < -0.39 is 0 Å². The quantitative estimate of drug-likeness (QED) is 0.151. The van der Waals surface area contributed by atoms with Gasteiger partial charge in [-0.1, -0.05) is 224 Å². The maximum Gasteiger partial charge on any atom is 0 e. The summed E-state index contributed by atoms with van der Waals surface area (Å²) in [7, 11) is 0. The maximum absolute atomic E-state index is 3.58. The van der Waals surface area contributed by atoms with Crippen molar-refractivity contribution in [1.82, 2.24) is 0 Å². The Bertz CT molecular complexity index is 4080. The van der Waals surface area contributed by atoms with E-state index in [2.05, 4.69) is 414 Å². The van der Waals surface area contributed by atoms with Crippen LogP contribution >= 0.6 is 0 Å². The zero-order chi connectivity index (χ0) is 74.8. The minimum atomic E-state index is 0. The fourth-order valence-electron chi connectivity index (χ4n) is 11.3. The molecule has 0 aliphatic heterocycles. The summed E-state index contributed by atoms with van der Waals surface area (Å²) in [5.41, 5.74) is 25.9. The zero-order valence-corrected chi connectivity index (χ0v) is 84.4. The van der Waals surface area contributed by atoms with Crippen LogP contribution in [0, 0.1) is 60.7 Å². The molecule has 105 heavy (non-hydrogen) atoms. The van der Waals surface area contributed by atoms with Crippen molar-refractivity contribution in [2.24, 2.45) is 0 Å². The van der Waals surface area contributed by atoms with Gasteiger partial charge in [-0.15, -0.1) is 87.5 Å². The van der Waals surface area contributed by atoms with Gasteiger partial charge in [0.2, 0.25) is 0 Å². The molecule has 545 valence electrons. The number of rotatable bonds is 5. The standard InChI is InChI=1S/5C20H24.5Y/c1-19(2,3)17-11-7-9-15(13-17)16-10-8-12-18(14-16)20(4,5)6;2*1-19(2,3)16-11-9-10-15(14-16)17-12-7-8-13-18(17)20(4,5)6;1-19(2,3)17-12-10-15(11-13-17)16-8-7-9-18(14-16)20(4,5)6;1-19(2,3)16-13-11-15(12-14-16)17-9-7-8-10-18(17)20(4,5)6;;;;;/h7-9,11-12,14H,1-6H3;7-9,11,13-14H,1-6H3;7-11,13H,1-6H3;7,9-10,12-14H,1-6H3;7-8,10-11,13-14H,1-6H3;;;;;/q5*-2;;;;;. The minimum Gasteiger partial charge on any atom is -0.226 e. The van der Waals surface area contributed by atoms with E-state index in [1.807, 2.05) is 36.4 Å². The van der Waals surface area contributed by atoms with Crippen molar-refractivity contribution < 1.29 is 164 Å². The molecule has 0 saturated heterocycles. The van der Waals surface area contributed by atoms with Crippen molar-refractivity contribution in [1.29, 1.82) is 0 Å². The second-order valence-corrected chi connectivity index (χ2v) is 37.3. The first-order chi connectivity index (χ1) is 45.9. The van der Waals surface area contributed by atoms with Crippen molar-refractivity contribution in [3.05, 3.63) is 298 Å². The van der Waals surface area contributed by atoms with Gasteiger partial charge in [-0.2, -0.15) is 211 Å². The first kappa shape index (κ1) is 101. The smallest absolute Gasteiger partial charge is 0 e. The van der Waals surface area contributed by atoms with Crippen LogP contribution in [0.4, 0.5) is 0 Å². The number of hydrogen-bond acceptors (Lipinski definition) is 0. The monoisotopic (exact) mass is 1770 g/mol. The first-order valence-corrected chi connectivity index (χ1v) is 36.2. The van der Waals surface area contributed by atoms with Crippen LogP contribution in [0.3, 0.4) is 0 Å². The first-order valence-electron chi connectivity index (χ1n) is 36.2. The fraction of sp³-hybridized carbons (Fsp3) is 0.400. The Labute approximate surface area is 768 Å². The van der Waals surface area contributed by atoms with Crippen molar-refractivity contribution in [2.45, 2.75) is 262 Å². The van der Waals surface area contributed by atoms with Gasteiger partial charge in [-0.05, 0) is 37.9 Å². The predicted octanol–water partition coefficient (Wildman–Crippen LogP) is 27.7. The summed E-state index contributed by atoms with van der Waals surface area (Å²) < 4.78 is 0. The second kappa shape index (κ2) is 41.5. The summed E-state index contributed by atoms with van der Waals surface area (Å²) in [6, 6.07) is 97.9. The van der Waals surface area contributed by atoms with Gasteiger partial charge in [-0.3, -0.25) is 0 Å². The van der Waals surface area contributed by atoms with E-state index in [1.165, 1.54) is 72.3 Å². The third kappa shape index (κ3) is 31.0. The molecular weight excluding hydrogens is 1650 g/mol. The van der Waals surface area contributed by atoms with Crippen molar-refractivity contribution in [3.8, 4) is 55.6 Å². The van der Waals surface area contributed by atoms with Crippen LogP contribution in [0.5, 0.6) is 0 Å². The van der Waals surface area contributed by atoms with Gasteiger partial charge in [0.25, 0.3) is 0 Å². The molecule has 0 aromatic heterocycles. The number of benzene rings is 10. The van der Waals surface area contributed by atoms with Crippen LogP contribution < -0.4 is 0 Å². The van der Waals surface area contributed by atoms with Crippen molar-refractivity contribution in [2.75, 3.05) is 0 Å². The predicted molar refractivity (Wildman–Crippen MR) is 435 cm³/mol. The Balaban J connectivity index is 0.000000649. The van der Waals surface area contributed by atoms with Gasteiger partial charge in [0.1, 0.15) is 0 Å². The molecule has 0 saturated carbocycles. The van der Waals surface area contributed by atoms with E-state index in [0.717, 1.165) is 38.9 Å². The molecular formula is C100H120Y5-10. The summed E-state index contributed by atoms with van der Waals surface area (Å²) >= 11 is 0. The molecule has 5 radical (unpaired) electrons. The molecule has 5 heteroatoms. The van der Waals surface area contributed by atoms with E-state index in [0.29, 0.717) is 0 Å². The summed E-state index contributed by atoms with van der Waals surface area (Å²) in [6.45, 7) is 67.0. The van der Waals surface area contributed by atoms with E-state index in [1.54, 1.807) is 0 Å². The van der Waals surface area contributed by atoms with Gasteiger partial charge in [0, 0.05) is 164 Å². The Kier molecular flexibility index (Phi) is 39.8. The summed E-state index contributed by atoms with van der Waals surface area (Å²) in [6.07, 6.45) is 0. The molecule has 10 aromatic rings. The molecule has 0 amide bonds. The molecule has 0 unspecified atom stereocenters. The SMILES string of the molecule is CC(C)(C)c1[c-]c(-c2[c-]ccc(C(C)(C)C)c2)ccc1.CC(C)(C)c1[c-]c(-c2[c-]cccc2C(C)(C)C)ccc1.CC(C)(C)c1c[c-]c(-c2[c-]ccc(C(C)(C)C)c2)cc1.CC(C)(C)c1c[c-]c(-c2[c-]cccc2C(C)(C)C)cc1.CC(C)(C)c1cc[c-]c(-c2[c-]cccc2C(C)(C)C)c1.[Y].[Y].[Y].[Y].[Y]. The zero-order valence-electron chi connectivity index (χ0n) is 70.2. The van der Waals surface area contributed by atoms with Crippen LogP contribution in [0.15, 0.2) is 182 Å². The molecule has 0 atom stereocenters. The van der Waals surface area contributed by atoms with Crippen LogP contribution in [-0.4, -0.2) is 0 Å². The molecule has 0 fully saturated rings. The van der Waals surface area contributed by atoms with E-state index in [9.17, 15) is 0 Å². The van der Waals surface area contributed by atoms with E-state index >= 15 is 0 Å². The van der Waals surface area contributed by atoms with Gasteiger partial charge in [0.15, 0.2) is 0 Å². The number of hydrogen-bond donors (Lipinski definition) is 0. The normalized spacial score (nSPS) is 11.9. The summed E-state index contributed by atoms with van der Waals surface area (Å²) in [5.74, 6) is 0. The summed E-state index contributed by atoms with van der Waals surface area (Å²) in [4.78, 5) is 0. The summed E-state index contributed by atoms with van der Waals surface area (Å²) in [5, 5.41) is 0. The van der Waals surface area contributed by atoms with Crippen molar-refractivity contribution >= 4 is 0 Å². The fourth-order valence-corrected chi connectivity index (χ4v) is 11.3. The van der Waals surface area contributed by atoms with Gasteiger partial charge in [-0.25, -0.2) is 55.6 Å². The molecule has 10 aromatic carbocycles. The molecule has 0 aliphatic rings. The van der Waals surface area contributed by atoms with Crippen LogP contribution in [0.2, 0.25) is 0 Å². The van der Waals surface area contributed by atoms with Crippen LogP contribution in [0.25, 0.3) is 55.6 Å². The molecule has 0 heterocycles. The third-order valence-electron chi connectivity index (χ3n) is 17.9. The van der Waals surface area contributed by atoms with Crippen LogP contribution in [-0.2, 0) is 218 Å². The van der Waals surface area contributed by atoms with Crippen molar-refractivity contribution in [3.63, 3.8) is 0 Å². The molecule has 10 rings (SSSR count). The van der Waals surface area contributed by atoms with Gasteiger partial charge in [0.05, 0.1) is 0 Å². The van der Waals surface area contributed by atoms with Gasteiger partial charge >= 0.3 is 0 Å². The Hall–Kier alpha value is -2.28. The minimum absolute atomic E-state index is 0. The van der Waals surface area contributed by atoms with E-state index in [-0.39, 0.29) is 218 Å². The molecule has 0 spiro atoms. The van der Waals surface area contributed by atoms with Gasteiger partial charge < -0.3 is 0 Å². The third-order valence-corrected chi connectivity index (χ3v) is 17.9. The molecule has 0 aliphatic carbocycles. The topological polar surface area (TPSA) is 0 Å². The average molecular weight is 1770 g/mol. The van der Waals surface area contributed by atoms with E-state index in [4.69, 9.17) is 0 Å². The maximum atomic E-state index is 3.58. The average Bonchev–Trinajstić information content (AvgIpc) is 0.813. The largest absolute Gasteiger partial charge is 0.226 e. The molecule has 0 N–H and O–H groups in total.